The molecule has 0 saturated carbocycles. The summed E-state index contributed by atoms with van der Waals surface area (Å²) in [6, 6.07) is 20.9. The lowest BCUT2D eigenvalue weighted by Gasteiger charge is -2.06. The summed E-state index contributed by atoms with van der Waals surface area (Å²) in [5.74, 6) is 0.110. The number of carbonyl (C=O) groups excluding carboxylic acids is 1. The highest BCUT2D eigenvalue weighted by Crippen LogP contribution is 2.22. The van der Waals surface area contributed by atoms with E-state index in [1.165, 1.54) is 0 Å². The zero-order valence-corrected chi connectivity index (χ0v) is 13.5. The number of nitrogens with zero attached hydrogens (tertiary/aromatic N) is 1. The van der Waals surface area contributed by atoms with E-state index in [1.54, 1.807) is 30.5 Å². The summed E-state index contributed by atoms with van der Waals surface area (Å²) < 4.78 is 5.35. The van der Waals surface area contributed by atoms with Crippen LogP contribution in [-0.2, 0) is 4.79 Å². The highest BCUT2D eigenvalue weighted by Gasteiger charge is 2.04. The topological polar surface area (TPSA) is 50.7 Å². The van der Waals surface area contributed by atoms with E-state index in [-0.39, 0.29) is 12.5 Å². The number of hydrazone groups is 1. The molecule has 3 aromatic carbocycles. The van der Waals surface area contributed by atoms with Crippen molar-refractivity contribution in [3.63, 3.8) is 0 Å². The van der Waals surface area contributed by atoms with Gasteiger partial charge in [0.15, 0.2) is 6.61 Å². The van der Waals surface area contributed by atoms with Crippen LogP contribution < -0.4 is 10.2 Å². The van der Waals surface area contributed by atoms with Crippen molar-refractivity contribution in [2.45, 2.75) is 0 Å². The van der Waals surface area contributed by atoms with Crippen LogP contribution in [0.25, 0.3) is 10.8 Å². The van der Waals surface area contributed by atoms with Gasteiger partial charge < -0.3 is 4.74 Å². The minimum Gasteiger partial charge on any atom is -0.482 e. The van der Waals surface area contributed by atoms with E-state index in [4.69, 9.17) is 16.3 Å². The predicted octanol–water partition coefficient (Wildman–Crippen LogP) is 4.02. The number of halogens is 1. The van der Waals surface area contributed by atoms with E-state index < -0.39 is 0 Å². The molecule has 24 heavy (non-hydrogen) atoms. The van der Waals surface area contributed by atoms with Crippen molar-refractivity contribution < 1.29 is 9.53 Å². The third-order valence-electron chi connectivity index (χ3n) is 3.41. The van der Waals surface area contributed by atoms with Gasteiger partial charge in [0.2, 0.25) is 0 Å². The van der Waals surface area contributed by atoms with Gasteiger partial charge in [-0.15, -0.1) is 0 Å². The minimum absolute atomic E-state index is 0.156. The number of rotatable bonds is 5. The molecule has 4 nitrogen and oxygen atoms in total. The zero-order chi connectivity index (χ0) is 16.8. The van der Waals surface area contributed by atoms with Gasteiger partial charge in [0, 0.05) is 5.56 Å². The monoisotopic (exact) mass is 338 g/mol. The Morgan fingerprint density at radius 2 is 1.79 bits per heavy atom. The highest BCUT2D eigenvalue weighted by molar-refractivity contribution is 6.32. The van der Waals surface area contributed by atoms with Crippen LogP contribution in [0.4, 0.5) is 0 Å². The molecule has 0 saturated heterocycles. The molecule has 5 heteroatoms. The van der Waals surface area contributed by atoms with Gasteiger partial charge in [-0.2, -0.15) is 5.10 Å². The summed E-state index contributed by atoms with van der Waals surface area (Å²) in [4.78, 5) is 11.8. The second-order valence-electron chi connectivity index (χ2n) is 5.08. The fourth-order valence-corrected chi connectivity index (χ4v) is 2.46. The first-order valence-corrected chi connectivity index (χ1v) is 7.79. The lowest BCUT2D eigenvalue weighted by molar-refractivity contribution is -0.123. The third kappa shape index (κ3) is 3.91. The Bertz CT molecular complexity index is 888. The van der Waals surface area contributed by atoms with Crippen LogP contribution >= 0.6 is 11.6 Å². The van der Waals surface area contributed by atoms with Crippen molar-refractivity contribution in [2.24, 2.45) is 5.10 Å². The maximum absolute atomic E-state index is 11.8. The molecular formula is C19H15ClN2O2. The lowest BCUT2D eigenvalue weighted by atomic mass is 10.1. The van der Waals surface area contributed by atoms with Crippen molar-refractivity contribution in [1.82, 2.24) is 5.43 Å². The number of para-hydroxylation sites is 1. The second kappa shape index (κ2) is 7.62. The van der Waals surface area contributed by atoms with Gasteiger partial charge in [-0.25, -0.2) is 5.43 Å². The van der Waals surface area contributed by atoms with Crippen LogP contribution in [0.5, 0.6) is 5.75 Å². The molecule has 1 amide bonds. The van der Waals surface area contributed by atoms with Crippen molar-refractivity contribution in [3.8, 4) is 5.75 Å². The SMILES string of the molecule is O=C(COc1ccccc1Cl)N/N=C/c1cccc2ccccc12. The van der Waals surface area contributed by atoms with E-state index in [2.05, 4.69) is 10.5 Å². The summed E-state index contributed by atoms with van der Waals surface area (Å²) in [5.41, 5.74) is 3.38. The van der Waals surface area contributed by atoms with Gasteiger partial charge >= 0.3 is 0 Å². The van der Waals surface area contributed by atoms with Gasteiger partial charge in [-0.1, -0.05) is 66.2 Å². The van der Waals surface area contributed by atoms with Crippen LogP contribution in [0.15, 0.2) is 71.8 Å². The van der Waals surface area contributed by atoms with Crippen molar-refractivity contribution in [3.05, 3.63) is 77.3 Å². The van der Waals surface area contributed by atoms with Crippen LogP contribution in [-0.4, -0.2) is 18.7 Å². The van der Waals surface area contributed by atoms with E-state index in [9.17, 15) is 4.79 Å². The number of hydrogen-bond acceptors (Lipinski definition) is 3. The first kappa shape index (κ1) is 16.0. The molecule has 0 aromatic heterocycles. The van der Waals surface area contributed by atoms with Crippen molar-refractivity contribution in [1.29, 1.82) is 0 Å². The molecule has 0 atom stereocenters. The van der Waals surface area contributed by atoms with Gasteiger partial charge in [-0.05, 0) is 22.9 Å². The first-order valence-electron chi connectivity index (χ1n) is 7.41. The summed E-state index contributed by atoms with van der Waals surface area (Å²) in [5, 5.41) is 6.65. The normalized spacial score (nSPS) is 10.9. The molecule has 0 fully saturated rings. The Balaban J connectivity index is 1.59. The summed E-state index contributed by atoms with van der Waals surface area (Å²) in [7, 11) is 0. The highest BCUT2D eigenvalue weighted by atomic mass is 35.5. The molecular weight excluding hydrogens is 324 g/mol. The summed E-state index contributed by atoms with van der Waals surface area (Å²) >= 11 is 5.96. The Morgan fingerprint density at radius 3 is 2.67 bits per heavy atom. The zero-order valence-electron chi connectivity index (χ0n) is 12.8. The van der Waals surface area contributed by atoms with Crippen LogP contribution in [0.1, 0.15) is 5.56 Å². The second-order valence-corrected chi connectivity index (χ2v) is 5.49. The largest absolute Gasteiger partial charge is 0.482 e. The molecule has 0 aliphatic carbocycles. The van der Waals surface area contributed by atoms with Gasteiger partial charge in [0.05, 0.1) is 11.2 Å². The van der Waals surface area contributed by atoms with Crippen molar-refractivity contribution in [2.75, 3.05) is 6.61 Å². The molecule has 3 aromatic rings. The molecule has 1 N–H and O–H groups in total. The molecule has 0 aliphatic rings. The van der Waals surface area contributed by atoms with E-state index in [0.29, 0.717) is 10.8 Å². The number of fused-ring (bicyclic) bond motifs is 1. The van der Waals surface area contributed by atoms with E-state index in [1.807, 2.05) is 42.5 Å². The lowest BCUT2D eigenvalue weighted by Crippen LogP contribution is -2.24. The maximum atomic E-state index is 11.8. The Labute approximate surface area is 144 Å². The average molecular weight is 339 g/mol. The van der Waals surface area contributed by atoms with Crippen LogP contribution in [0.2, 0.25) is 5.02 Å². The molecule has 0 radical (unpaired) electrons. The minimum atomic E-state index is -0.355. The summed E-state index contributed by atoms with van der Waals surface area (Å²) in [6.45, 7) is -0.156. The van der Waals surface area contributed by atoms with E-state index in [0.717, 1.165) is 16.3 Å². The molecule has 0 aliphatic heterocycles. The predicted molar refractivity (Wildman–Crippen MR) is 96.6 cm³/mol. The average Bonchev–Trinajstić information content (AvgIpc) is 2.61. The first-order chi connectivity index (χ1) is 11.7. The fourth-order valence-electron chi connectivity index (χ4n) is 2.27. The van der Waals surface area contributed by atoms with Crippen LogP contribution in [0.3, 0.4) is 0 Å². The van der Waals surface area contributed by atoms with Crippen LogP contribution in [0, 0.1) is 0 Å². The fraction of sp³-hybridized carbons (Fsp3) is 0.0526. The molecule has 3 rings (SSSR count). The molecule has 0 heterocycles. The number of carbonyl (C=O) groups is 1. The van der Waals surface area contributed by atoms with E-state index >= 15 is 0 Å². The van der Waals surface area contributed by atoms with Gasteiger partial charge in [0.1, 0.15) is 5.75 Å². The maximum Gasteiger partial charge on any atom is 0.277 e. The molecule has 120 valence electrons. The number of ether oxygens (including phenoxy) is 1. The van der Waals surface area contributed by atoms with Gasteiger partial charge in [-0.3, -0.25) is 4.79 Å². The standard InChI is InChI=1S/C19H15ClN2O2/c20-17-10-3-4-11-18(17)24-13-19(23)22-21-12-15-8-5-7-14-6-1-2-9-16(14)15/h1-12H,13H2,(H,22,23)/b21-12+. The summed E-state index contributed by atoms with van der Waals surface area (Å²) in [6.07, 6.45) is 1.62. The van der Waals surface area contributed by atoms with Gasteiger partial charge in [0.25, 0.3) is 5.91 Å². The van der Waals surface area contributed by atoms with Crippen molar-refractivity contribution >= 4 is 34.5 Å². The number of nitrogens with one attached hydrogen (secondary N) is 1. The number of hydrogen-bond donors (Lipinski definition) is 1. The Morgan fingerprint density at radius 1 is 1.04 bits per heavy atom. The molecule has 0 spiro atoms. The molecule has 0 bridgehead atoms. The smallest absolute Gasteiger partial charge is 0.277 e. The number of amides is 1. The quantitative estimate of drug-likeness (QED) is 0.564. The number of benzene rings is 3. The molecule has 0 unspecified atom stereocenters. The Kier molecular flexibility index (Phi) is 5.08. The third-order valence-corrected chi connectivity index (χ3v) is 3.72. The Hall–Kier alpha value is -2.85.